The van der Waals surface area contributed by atoms with E-state index in [1.807, 2.05) is 7.05 Å². The van der Waals surface area contributed by atoms with E-state index >= 15 is 0 Å². The van der Waals surface area contributed by atoms with Gasteiger partial charge in [0.05, 0.1) is 5.69 Å². The molecule has 0 unspecified atom stereocenters. The summed E-state index contributed by atoms with van der Waals surface area (Å²) in [5, 5.41) is 2.52. The Morgan fingerprint density at radius 3 is 2.62 bits per heavy atom. The first-order chi connectivity index (χ1) is 9.84. The van der Waals surface area contributed by atoms with E-state index in [4.69, 9.17) is 5.73 Å². The maximum atomic E-state index is 13.7. The summed E-state index contributed by atoms with van der Waals surface area (Å²) in [4.78, 5) is 14.0. The van der Waals surface area contributed by atoms with Crippen LogP contribution in [0, 0.1) is 11.6 Å². The van der Waals surface area contributed by atoms with Gasteiger partial charge in [-0.3, -0.25) is 4.79 Å². The third kappa shape index (κ3) is 4.97. The van der Waals surface area contributed by atoms with Gasteiger partial charge in [-0.1, -0.05) is 0 Å². The van der Waals surface area contributed by atoms with Crippen LogP contribution in [0.25, 0.3) is 0 Å². The summed E-state index contributed by atoms with van der Waals surface area (Å²) in [5.41, 5.74) is 4.49. The average Bonchev–Trinajstić information content (AvgIpc) is 2.42. The molecule has 0 aliphatic heterocycles. The highest BCUT2D eigenvalue weighted by atomic mass is 19.1. The Bertz CT molecular complexity index is 492. The number of nitrogens with two attached hydrogens (primary N) is 1. The largest absolute Gasteiger partial charge is 0.396 e. The normalized spacial score (nSPS) is 11.2. The summed E-state index contributed by atoms with van der Waals surface area (Å²) in [6, 6.07) is 2.56. The number of nitrogens with one attached hydrogen (secondary N) is 1. The molecule has 118 valence electrons. The van der Waals surface area contributed by atoms with Crippen LogP contribution in [-0.2, 0) is 0 Å². The lowest BCUT2D eigenvalue weighted by Crippen LogP contribution is -2.29. The van der Waals surface area contributed by atoms with E-state index < -0.39 is 23.1 Å². The molecular formula is C15H23F2N3O. The molecule has 1 amide bonds. The van der Waals surface area contributed by atoms with Crippen LogP contribution in [0.2, 0.25) is 0 Å². The molecule has 0 atom stereocenters. The molecule has 0 heterocycles. The average molecular weight is 299 g/mol. The SMILES string of the molecule is CC(C)N(C)CCCCNC(=O)c1c(F)ccc(N)c1F. The summed E-state index contributed by atoms with van der Waals surface area (Å²) >= 11 is 0. The molecule has 4 nitrogen and oxygen atoms in total. The number of benzene rings is 1. The number of halogens is 2. The van der Waals surface area contributed by atoms with Crippen LogP contribution in [0.3, 0.4) is 0 Å². The fraction of sp³-hybridized carbons (Fsp3) is 0.533. The summed E-state index contributed by atoms with van der Waals surface area (Å²) in [7, 11) is 2.03. The van der Waals surface area contributed by atoms with Gasteiger partial charge in [0.15, 0.2) is 5.82 Å². The molecule has 0 aliphatic rings. The van der Waals surface area contributed by atoms with Crippen LogP contribution in [0.15, 0.2) is 12.1 Å². The van der Waals surface area contributed by atoms with Gasteiger partial charge in [-0.25, -0.2) is 8.78 Å². The van der Waals surface area contributed by atoms with Crippen molar-refractivity contribution in [1.82, 2.24) is 10.2 Å². The fourth-order valence-corrected chi connectivity index (χ4v) is 1.81. The first-order valence-corrected chi connectivity index (χ1v) is 7.06. The highest BCUT2D eigenvalue weighted by Crippen LogP contribution is 2.18. The van der Waals surface area contributed by atoms with Crippen molar-refractivity contribution >= 4 is 11.6 Å². The van der Waals surface area contributed by atoms with Crippen molar-refractivity contribution in [3.63, 3.8) is 0 Å². The molecule has 3 N–H and O–H groups in total. The zero-order valence-corrected chi connectivity index (χ0v) is 12.7. The second kappa shape index (κ2) is 7.93. The van der Waals surface area contributed by atoms with Gasteiger partial charge in [0.1, 0.15) is 11.4 Å². The minimum absolute atomic E-state index is 0.236. The Morgan fingerprint density at radius 1 is 1.33 bits per heavy atom. The number of carbonyl (C=O) groups is 1. The molecule has 6 heteroatoms. The lowest BCUT2D eigenvalue weighted by molar-refractivity contribution is 0.0944. The number of rotatable bonds is 7. The quantitative estimate of drug-likeness (QED) is 0.600. The highest BCUT2D eigenvalue weighted by Gasteiger charge is 2.19. The molecule has 0 aromatic heterocycles. The summed E-state index contributed by atoms with van der Waals surface area (Å²) in [6.45, 7) is 5.49. The third-order valence-corrected chi connectivity index (χ3v) is 3.45. The second-order valence-corrected chi connectivity index (χ2v) is 5.36. The zero-order valence-electron chi connectivity index (χ0n) is 12.7. The van der Waals surface area contributed by atoms with Gasteiger partial charge in [0.25, 0.3) is 5.91 Å². The van der Waals surface area contributed by atoms with E-state index in [1.54, 1.807) is 0 Å². The number of carbonyl (C=O) groups excluding carboxylic acids is 1. The molecule has 0 saturated heterocycles. The van der Waals surface area contributed by atoms with Crippen molar-refractivity contribution < 1.29 is 13.6 Å². The molecule has 1 rings (SSSR count). The van der Waals surface area contributed by atoms with Crippen molar-refractivity contribution in [2.45, 2.75) is 32.7 Å². The Kier molecular flexibility index (Phi) is 6.55. The standard InChI is InChI=1S/C15H23F2N3O/c1-10(2)20(3)9-5-4-8-19-15(21)13-11(16)6-7-12(18)14(13)17/h6-7,10H,4-5,8-9,18H2,1-3H3,(H,19,21). The van der Waals surface area contributed by atoms with Crippen molar-refractivity contribution in [3.8, 4) is 0 Å². The summed E-state index contributed by atoms with van der Waals surface area (Å²) in [5.74, 6) is -2.68. The fourth-order valence-electron chi connectivity index (χ4n) is 1.81. The topological polar surface area (TPSA) is 58.4 Å². The first kappa shape index (κ1) is 17.4. The van der Waals surface area contributed by atoms with Crippen LogP contribution in [0.1, 0.15) is 37.0 Å². The molecule has 1 aromatic rings. The molecule has 0 saturated carbocycles. The predicted molar refractivity (Wildman–Crippen MR) is 80.1 cm³/mol. The van der Waals surface area contributed by atoms with Gasteiger partial charge in [-0.15, -0.1) is 0 Å². The van der Waals surface area contributed by atoms with Gasteiger partial charge in [0, 0.05) is 12.6 Å². The number of nitrogens with zero attached hydrogens (tertiary/aromatic N) is 1. The molecule has 0 bridgehead atoms. The molecule has 0 aliphatic carbocycles. The maximum absolute atomic E-state index is 13.7. The summed E-state index contributed by atoms with van der Waals surface area (Å²) < 4.78 is 27.1. The minimum Gasteiger partial charge on any atom is -0.396 e. The maximum Gasteiger partial charge on any atom is 0.257 e. The number of anilines is 1. The number of unbranched alkanes of at least 4 members (excludes halogenated alkanes) is 1. The van der Waals surface area contributed by atoms with Crippen molar-refractivity contribution in [2.24, 2.45) is 0 Å². The third-order valence-electron chi connectivity index (χ3n) is 3.45. The first-order valence-electron chi connectivity index (χ1n) is 7.06. The predicted octanol–water partition coefficient (Wildman–Crippen LogP) is 2.40. The number of nitrogen functional groups attached to an aromatic ring is 1. The minimum atomic E-state index is -1.01. The Hall–Kier alpha value is -1.69. The van der Waals surface area contributed by atoms with Crippen molar-refractivity contribution in [3.05, 3.63) is 29.3 Å². The van der Waals surface area contributed by atoms with Crippen LogP contribution < -0.4 is 11.1 Å². The second-order valence-electron chi connectivity index (χ2n) is 5.36. The van der Waals surface area contributed by atoms with Crippen LogP contribution in [-0.4, -0.2) is 37.0 Å². The monoisotopic (exact) mass is 299 g/mol. The Labute approximate surface area is 124 Å². The molecule has 1 aromatic carbocycles. The lowest BCUT2D eigenvalue weighted by atomic mass is 10.1. The van der Waals surface area contributed by atoms with E-state index in [1.165, 1.54) is 0 Å². The van der Waals surface area contributed by atoms with Gasteiger partial charge < -0.3 is 16.0 Å². The van der Waals surface area contributed by atoms with Crippen molar-refractivity contribution in [1.29, 1.82) is 0 Å². The number of hydrogen-bond donors (Lipinski definition) is 2. The Morgan fingerprint density at radius 2 is 2.00 bits per heavy atom. The Balaban J connectivity index is 2.44. The zero-order chi connectivity index (χ0) is 16.0. The van der Waals surface area contributed by atoms with E-state index in [0.717, 1.165) is 31.5 Å². The van der Waals surface area contributed by atoms with E-state index in [0.29, 0.717) is 12.6 Å². The smallest absolute Gasteiger partial charge is 0.257 e. The van der Waals surface area contributed by atoms with E-state index in [-0.39, 0.29) is 5.69 Å². The van der Waals surface area contributed by atoms with E-state index in [2.05, 4.69) is 24.1 Å². The molecule has 0 radical (unpaired) electrons. The van der Waals surface area contributed by atoms with Gasteiger partial charge in [-0.2, -0.15) is 0 Å². The van der Waals surface area contributed by atoms with Gasteiger partial charge in [-0.05, 0) is 52.4 Å². The van der Waals surface area contributed by atoms with Crippen molar-refractivity contribution in [2.75, 3.05) is 25.9 Å². The highest BCUT2D eigenvalue weighted by molar-refractivity contribution is 5.95. The summed E-state index contributed by atoms with van der Waals surface area (Å²) in [6.07, 6.45) is 1.64. The molecular weight excluding hydrogens is 276 g/mol. The number of hydrogen-bond acceptors (Lipinski definition) is 3. The van der Waals surface area contributed by atoms with Crippen LogP contribution >= 0.6 is 0 Å². The van der Waals surface area contributed by atoms with E-state index in [9.17, 15) is 13.6 Å². The van der Waals surface area contributed by atoms with Crippen LogP contribution in [0.5, 0.6) is 0 Å². The van der Waals surface area contributed by atoms with Crippen LogP contribution in [0.4, 0.5) is 14.5 Å². The van der Waals surface area contributed by atoms with Gasteiger partial charge in [0.2, 0.25) is 0 Å². The lowest BCUT2D eigenvalue weighted by Gasteiger charge is -2.20. The molecule has 0 spiro atoms. The molecule has 0 fully saturated rings. The molecule has 21 heavy (non-hydrogen) atoms. The van der Waals surface area contributed by atoms with Gasteiger partial charge >= 0.3 is 0 Å². The number of amides is 1.